The zero-order valence-corrected chi connectivity index (χ0v) is 10.1. The molecule has 0 aliphatic carbocycles. The second kappa shape index (κ2) is 4.58. The van der Waals surface area contributed by atoms with Crippen LogP contribution >= 0.6 is 15.9 Å². The van der Waals surface area contributed by atoms with Gasteiger partial charge in [0, 0.05) is 24.7 Å². The van der Waals surface area contributed by atoms with Crippen molar-refractivity contribution >= 4 is 15.9 Å². The van der Waals surface area contributed by atoms with Crippen molar-refractivity contribution in [3.05, 3.63) is 11.1 Å². The second-order valence-electron chi connectivity index (χ2n) is 3.99. The fraction of sp³-hybridized carbons (Fsp3) is 0.800. The van der Waals surface area contributed by atoms with Gasteiger partial charge in [-0.05, 0) is 26.3 Å². The van der Waals surface area contributed by atoms with E-state index in [0.29, 0.717) is 0 Å². The zero-order chi connectivity index (χ0) is 9.90. The summed E-state index contributed by atoms with van der Waals surface area (Å²) in [6.45, 7) is 9.13. The van der Waals surface area contributed by atoms with Gasteiger partial charge in [-0.2, -0.15) is 0 Å². The lowest BCUT2D eigenvalue weighted by Gasteiger charge is -2.39. The Hall–Kier alpha value is 0.140. The van der Waals surface area contributed by atoms with Crippen molar-refractivity contribution < 1.29 is 4.74 Å². The summed E-state index contributed by atoms with van der Waals surface area (Å²) < 4.78 is 6.55. The summed E-state index contributed by atoms with van der Waals surface area (Å²) >= 11 is 3.39. The van der Waals surface area contributed by atoms with Crippen molar-refractivity contribution in [3.63, 3.8) is 0 Å². The van der Waals surface area contributed by atoms with Crippen LogP contribution in [0.1, 0.15) is 19.8 Å². The third kappa shape index (κ3) is 3.41. The minimum atomic E-state index is 0.0424. The standard InChI is InChI=1S/C10H18BrNO/c1-9(11)7-12-6-4-5-10(2,8-12)13-3/h1,4-8H2,2-3H3. The van der Waals surface area contributed by atoms with Crippen LogP contribution in [-0.2, 0) is 4.74 Å². The topological polar surface area (TPSA) is 12.5 Å². The maximum Gasteiger partial charge on any atom is 0.0777 e. The van der Waals surface area contributed by atoms with Crippen LogP contribution in [0.15, 0.2) is 11.1 Å². The van der Waals surface area contributed by atoms with Gasteiger partial charge in [0.1, 0.15) is 0 Å². The van der Waals surface area contributed by atoms with E-state index in [4.69, 9.17) is 4.74 Å². The number of rotatable bonds is 3. The summed E-state index contributed by atoms with van der Waals surface area (Å²) in [7, 11) is 1.80. The van der Waals surface area contributed by atoms with Crippen molar-refractivity contribution in [1.82, 2.24) is 4.90 Å². The summed E-state index contributed by atoms with van der Waals surface area (Å²) in [5.74, 6) is 0. The van der Waals surface area contributed by atoms with Crippen molar-refractivity contribution in [2.45, 2.75) is 25.4 Å². The molecule has 0 aromatic heterocycles. The Balaban J connectivity index is 2.46. The Morgan fingerprint density at radius 3 is 2.92 bits per heavy atom. The Morgan fingerprint density at radius 1 is 1.69 bits per heavy atom. The maximum atomic E-state index is 5.50. The molecule has 0 amide bonds. The molecule has 13 heavy (non-hydrogen) atoms. The molecule has 1 aliphatic heterocycles. The molecule has 76 valence electrons. The molecule has 0 radical (unpaired) electrons. The summed E-state index contributed by atoms with van der Waals surface area (Å²) in [4.78, 5) is 2.38. The number of halogens is 1. The van der Waals surface area contributed by atoms with Gasteiger partial charge < -0.3 is 4.74 Å². The number of nitrogens with zero attached hydrogens (tertiary/aromatic N) is 1. The Kier molecular flexibility index (Phi) is 3.95. The minimum Gasteiger partial charge on any atom is -0.377 e. The van der Waals surface area contributed by atoms with Crippen LogP contribution in [0.4, 0.5) is 0 Å². The molecule has 0 aromatic rings. The first-order chi connectivity index (χ1) is 6.06. The fourth-order valence-electron chi connectivity index (χ4n) is 1.85. The molecule has 1 rings (SSSR count). The highest BCUT2D eigenvalue weighted by Crippen LogP contribution is 2.24. The summed E-state index contributed by atoms with van der Waals surface area (Å²) in [6.07, 6.45) is 2.37. The van der Waals surface area contributed by atoms with E-state index in [9.17, 15) is 0 Å². The van der Waals surface area contributed by atoms with Crippen molar-refractivity contribution in [2.75, 3.05) is 26.7 Å². The minimum absolute atomic E-state index is 0.0424. The van der Waals surface area contributed by atoms with Crippen molar-refractivity contribution in [2.24, 2.45) is 0 Å². The highest BCUT2D eigenvalue weighted by Gasteiger charge is 2.30. The first kappa shape index (κ1) is 11.2. The molecule has 1 atom stereocenters. The van der Waals surface area contributed by atoms with E-state index in [1.165, 1.54) is 6.42 Å². The number of hydrogen-bond acceptors (Lipinski definition) is 2. The monoisotopic (exact) mass is 247 g/mol. The van der Waals surface area contributed by atoms with Crippen molar-refractivity contribution in [3.8, 4) is 0 Å². The molecular formula is C10H18BrNO. The van der Waals surface area contributed by atoms with E-state index >= 15 is 0 Å². The van der Waals surface area contributed by atoms with Crippen LogP contribution in [-0.4, -0.2) is 37.2 Å². The molecule has 3 heteroatoms. The molecule has 1 saturated heterocycles. The number of hydrogen-bond donors (Lipinski definition) is 0. The van der Waals surface area contributed by atoms with Gasteiger partial charge in [-0.1, -0.05) is 22.5 Å². The molecule has 1 aliphatic rings. The molecule has 2 nitrogen and oxygen atoms in total. The van der Waals surface area contributed by atoms with E-state index in [1.54, 1.807) is 7.11 Å². The Bertz CT molecular complexity index is 195. The third-order valence-corrected chi connectivity index (χ3v) is 2.88. The number of methoxy groups -OCH3 is 1. The van der Waals surface area contributed by atoms with Gasteiger partial charge in [-0.25, -0.2) is 0 Å². The summed E-state index contributed by atoms with van der Waals surface area (Å²) in [6, 6.07) is 0. The molecule has 0 aromatic carbocycles. The van der Waals surface area contributed by atoms with Crippen LogP contribution < -0.4 is 0 Å². The number of likely N-dealkylation sites (tertiary alicyclic amines) is 1. The molecule has 1 fully saturated rings. The highest BCUT2D eigenvalue weighted by atomic mass is 79.9. The average Bonchev–Trinajstić information content (AvgIpc) is 2.03. The lowest BCUT2D eigenvalue weighted by atomic mass is 9.95. The second-order valence-corrected chi connectivity index (χ2v) is 5.11. The average molecular weight is 248 g/mol. The van der Waals surface area contributed by atoms with Gasteiger partial charge in [0.2, 0.25) is 0 Å². The lowest BCUT2D eigenvalue weighted by molar-refractivity contribution is -0.0480. The van der Waals surface area contributed by atoms with E-state index < -0.39 is 0 Å². The van der Waals surface area contributed by atoms with E-state index in [2.05, 4.69) is 34.3 Å². The Labute approximate surface area is 89.1 Å². The van der Waals surface area contributed by atoms with E-state index in [0.717, 1.165) is 30.5 Å². The Morgan fingerprint density at radius 2 is 2.38 bits per heavy atom. The van der Waals surface area contributed by atoms with Crippen LogP contribution in [0.5, 0.6) is 0 Å². The molecule has 0 bridgehead atoms. The van der Waals surface area contributed by atoms with Crippen LogP contribution in [0.25, 0.3) is 0 Å². The lowest BCUT2D eigenvalue weighted by Crippen LogP contribution is -2.47. The van der Waals surface area contributed by atoms with E-state index in [1.807, 2.05) is 0 Å². The van der Waals surface area contributed by atoms with Gasteiger partial charge in [0.25, 0.3) is 0 Å². The number of piperidine rings is 1. The van der Waals surface area contributed by atoms with E-state index in [-0.39, 0.29) is 5.60 Å². The van der Waals surface area contributed by atoms with Crippen LogP contribution in [0, 0.1) is 0 Å². The van der Waals surface area contributed by atoms with Gasteiger partial charge in [-0.3, -0.25) is 4.90 Å². The van der Waals surface area contributed by atoms with Crippen LogP contribution in [0.3, 0.4) is 0 Å². The first-order valence-electron chi connectivity index (χ1n) is 4.66. The van der Waals surface area contributed by atoms with Gasteiger partial charge in [0.05, 0.1) is 5.60 Å². The van der Waals surface area contributed by atoms with Crippen molar-refractivity contribution in [1.29, 1.82) is 0 Å². The number of ether oxygens (including phenoxy) is 1. The quantitative estimate of drug-likeness (QED) is 0.760. The van der Waals surface area contributed by atoms with Gasteiger partial charge in [-0.15, -0.1) is 0 Å². The summed E-state index contributed by atoms with van der Waals surface area (Å²) in [5.41, 5.74) is 0.0424. The van der Waals surface area contributed by atoms with Gasteiger partial charge in [0.15, 0.2) is 0 Å². The predicted octanol–water partition coefficient (Wildman–Crippen LogP) is 2.40. The van der Waals surface area contributed by atoms with Crippen LogP contribution in [0.2, 0.25) is 0 Å². The maximum absolute atomic E-state index is 5.50. The first-order valence-corrected chi connectivity index (χ1v) is 5.46. The smallest absolute Gasteiger partial charge is 0.0777 e. The largest absolute Gasteiger partial charge is 0.377 e. The summed E-state index contributed by atoms with van der Waals surface area (Å²) in [5, 5.41) is 0. The molecule has 0 saturated carbocycles. The predicted molar refractivity (Wildman–Crippen MR) is 59.2 cm³/mol. The van der Waals surface area contributed by atoms with Gasteiger partial charge >= 0.3 is 0 Å². The highest BCUT2D eigenvalue weighted by molar-refractivity contribution is 9.11. The molecule has 0 N–H and O–H groups in total. The molecule has 0 spiro atoms. The normalized spacial score (nSPS) is 30.4. The molecular weight excluding hydrogens is 230 g/mol. The fourth-order valence-corrected chi connectivity index (χ4v) is 2.21. The molecule has 1 heterocycles. The zero-order valence-electron chi connectivity index (χ0n) is 8.48. The third-order valence-electron chi connectivity index (χ3n) is 2.63. The molecule has 1 unspecified atom stereocenters. The SMILES string of the molecule is C=C(Br)CN1CCCC(C)(OC)C1.